The van der Waals surface area contributed by atoms with Gasteiger partial charge in [0, 0.05) is 24.6 Å². The van der Waals surface area contributed by atoms with E-state index in [-0.39, 0.29) is 23.3 Å². The maximum Gasteiger partial charge on any atom is 0.240 e. The second-order valence-electron chi connectivity index (χ2n) is 6.47. The summed E-state index contributed by atoms with van der Waals surface area (Å²) in [6, 6.07) is 2.59. The van der Waals surface area contributed by atoms with Gasteiger partial charge in [-0.15, -0.1) is 0 Å². The molecule has 1 aromatic carbocycles. The quantitative estimate of drug-likeness (QED) is 0.921. The molecule has 0 fully saturated rings. The number of oxazole rings is 1. The first-order chi connectivity index (χ1) is 11.9. The molecule has 7 heteroatoms. The molecule has 0 saturated heterocycles. The Balaban J connectivity index is 1.81. The lowest BCUT2D eigenvalue weighted by Crippen LogP contribution is -2.48. The van der Waals surface area contributed by atoms with Crippen molar-refractivity contribution in [3.8, 4) is 11.5 Å². The average molecular weight is 349 g/mol. The highest BCUT2D eigenvalue weighted by molar-refractivity contribution is 5.82. The number of aromatic nitrogens is 1. The van der Waals surface area contributed by atoms with Gasteiger partial charge in [0.15, 0.2) is 0 Å². The lowest BCUT2D eigenvalue weighted by Gasteiger charge is -2.29. The van der Waals surface area contributed by atoms with Gasteiger partial charge < -0.3 is 15.1 Å². The van der Waals surface area contributed by atoms with Crippen molar-refractivity contribution in [1.29, 1.82) is 0 Å². The topological polar surface area (TPSA) is 72.4 Å². The van der Waals surface area contributed by atoms with Crippen LogP contribution in [0.1, 0.15) is 31.7 Å². The molecular formula is C18H21F2N3O2. The van der Waals surface area contributed by atoms with Crippen molar-refractivity contribution in [3.63, 3.8) is 0 Å². The van der Waals surface area contributed by atoms with Crippen molar-refractivity contribution in [3.05, 3.63) is 41.3 Å². The number of hydrogen-bond donors (Lipinski definition) is 1. The number of halogens is 2. The second kappa shape index (κ2) is 6.92. The predicted molar refractivity (Wildman–Crippen MR) is 88.4 cm³/mol. The van der Waals surface area contributed by atoms with Gasteiger partial charge in [-0.25, -0.2) is 13.8 Å². The number of carbonyl (C=O) groups is 1. The van der Waals surface area contributed by atoms with Crippen LogP contribution in [-0.2, 0) is 17.8 Å². The highest BCUT2D eigenvalue weighted by Crippen LogP contribution is 2.27. The highest BCUT2D eigenvalue weighted by atomic mass is 19.1. The van der Waals surface area contributed by atoms with Crippen molar-refractivity contribution in [2.75, 3.05) is 6.54 Å². The normalized spacial score (nSPS) is 16.4. The number of nitrogens with zero attached hydrogens (tertiary/aromatic N) is 2. The maximum absolute atomic E-state index is 13.4. The Kier molecular flexibility index (Phi) is 4.85. The van der Waals surface area contributed by atoms with Crippen LogP contribution >= 0.6 is 0 Å². The van der Waals surface area contributed by atoms with E-state index in [2.05, 4.69) is 4.98 Å². The maximum atomic E-state index is 13.4. The monoisotopic (exact) mass is 349 g/mol. The molecule has 1 aliphatic heterocycles. The Morgan fingerprint density at radius 3 is 2.68 bits per heavy atom. The number of fused-ring (bicyclic) bond motifs is 1. The lowest BCUT2D eigenvalue weighted by molar-refractivity contribution is -0.134. The molecular weight excluding hydrogens is 328 g/mol. The van der Waals surface area contributed by atoms with Gasteiger partial charge >= 0.3 is 0 Å². The van der Waals surface area contributed by atoms with E-state index in [4.69, 9.17) is 10.2 Å². The zero-order valence-electron chi connectivity index (χ0n) is 14.3. The van der Waals surface area contributed by atoms with Crippen molar-refractivity contribution in [2.24, 2.45) is 11.7 Å². The first-order valence-corrected chi connectivity index (χ1v) is 8.38. The Hall–Kier alpha value is -2.28. The molecule has 0 bridgehead atoms. The van der Waals surface area contributed by atoms with Crippen LogP contribution in [-0.4, -0.2) is 28.4 Å². The van der Waals surface area contributed by atoms with E-state index in [1.807, 2.05) is 13.8 Å². The molecule has 134 valence electrons. The molecule has 1 aromatic heterocycles. The molecule has 25 heavy (non-hydrogen) atoms. The highest BCUT2D eigenvalue weighted by Gasteiger charge is 2.30. The van der Waals surface area contributed by atoms with E-state index in [9.17, 15) is 13.6 Å². The molecule has 0 unspecified atom stereocenters. The third-order valence-corrected chi connectivity index (χ3v) is 4.69. The largest absolute Gasteiger partial charge is 0.441 e. The summed E-state index contributed by atoms with van der Waals surface area (Å²) in [4.78, 5) is 18.5. The van der Waals surface area contributed by atoms with Gasteiger partial charge in [-0.05, 0) is 18.1 Å². The van der Waals surface area contributed by atoms with Crippen LogP contribution in [0, 0.1) is 17.6 Å². The Morgan fingerprint density at radius 1 is 1.36 bits per heavy atom. The molecule has 0 radical (unpaired) electrons. The van der Waals surface area contributed by atoms with Crippen molar-refractivity contribution >= 4 is 5.91 Å². The summed E-state index contributed by atoms with van der Waals surface area (Å²) in [5.41, 5.74) is 6.88. The van der Waals surface area contributed by atoms with Crippen LogP contribution in [0.3, 0.4) is 0 Å². The molecule has 0 spiro atoms. The van der Waals surface area contributed by atoms with Crippen molar-refractivity contribution in [1.82, 2.24) is 9.88 Å². The van der Waals surface area contributed by atoms with E-state index < -0.39 is 17.7 Å². The third kappa shape index (κ3) is 3.56. The van der Waals surface area contributed by atoms with Gasteiger partial charge in [0.05, 0.1) is 12.6 Å². The minimum atomic E-state index is -0.692. The zero-order chi connectivity index (χ0) is 18.1. The van der Waals surface area contributed by atoms with E-state index >= 15 is 0 Å². The third-order valence-electron chi connectivity index (χ3n) is 4.69. The fourth-order valence-corrected chi connectivity index (χ4v) is 2.90. The van der Waals surface area contributed by atoms with E-state index in [1.54, 1.807) is 4.90 Å². The summed E-state index contributed by atoms with van der Waals surface area (Å²) in [6.45, 7) is 4.72. The molecule has 3 rings (SSSR count). The molecule has 5 nitrogen and oxygen atoms in total. The number of nitrogens with two attached hydrogens (primary N) is 1. The van der Waals surface area contributed by atoms with Crippen LogP contribution in [0.25, 0.3) is 11.5 Å². The first kappa shape index (κ1) is 17.5. The Labute approximate surface area is 144 Å². The molecule has 2 N–H and O–H groups in total. The summed E-state index contributed by atoms with van der Waals surface area (Å²) in [7, 11) is 0. The Bertz CT molecular complexity index is 770. The number of rotatable bonds is 4. The minimum absolute atomic E-state index is 0.0945. The van der Waals surface area contributed by atoms with Gasteiger partial charge in [-0.3, -0.25) is 4.79 Å². The summed E-state index contributed by atoms with van der Waals surface area (Å²) >= 11 is 0. The van der Waals surface area contributed by atoms with Crippen LogP contribution < -0.4 is 5.73 Å². The summed E-state index contributed by atoms with van der Waals surface area (Å²) < 4.78 is 32.4. The number of carbonyl (C=O) groups excluding carboxylic acids is 1. The van der Waals surface area contributed by atoms with Gasteiger partial charge in [-0.2, -0.15) is 0 Å². The number of benzene rings is 1. The van der Waals surface area contributed by atoms with Crippen LogP contribution in [0.5, 0.6) is 0 Å². The first-order valence-electron chi connectivity index (χ1n) is 8.38. The molecule has 0 saturated carbocycles. The van der Waals surface area contributed by atoms with E-state index in [1.165, 1.54) is 12.1 Å². The van der Waals surface area contributed by atoms with Gasteiger partial charge in [0.2, 0.25) is 11.8 Å². The SMILES string of the molecule is CC[C@H](C)[C@@H](N)C(=O)N1CCc2oc(-c3cc(F)cc(F)c3)nc2C1. The molecule has 0 aliphatic carbocycles. The van der Waals surface area contributed by atoms with Gasteiger partial charge in [0.1, 0.15) is 23.1 Å². The second-order valence-corrected chi connectivity index (χ2v) is 6.47. The van der Waals surface area contributed by atoms with Crippen molar-refractivity contribution in [2.45, 2.75) is 39.3 Å². The number of amides is 1. The Morgan fingerprint density at radius 2 is 2.04 bits per heavy atom. The van der Waals surface area contributed by atoms with Crippen molar-refractivity contribution < 1.29 is 18.0 Å². The summed E-state index contributed by atoms with van der Waals surface area (Å²) in [5, 5.41) is 0. The summed E-state index contributed by atoms with van der Waals surface area (Å²) in [5.74, 6) is -0.604. The molecule has 2 heterocycles. The summed E-state index contributed by atoms with van der Waals surface area (Å²) in [6.07, 6.45) is 1.32. The van der Waals surface area contributed by atoms with Gasteiger partial charge in [0.25, 0.3) is 0 Å². The smallest absolute Gasteiger partial charge is 0.240 e. The van der Waals surface area contributed by atoms with E-state index in [0.717, 1.165) is 12.5 Å². The predicted octanol–water partition coefficient (Wildman–Crippen LogP) is 2.88. The number of hydrogen-bond acceptors (Lipinski definition) is 4. The van der Waals surface area contributed by atoms with Crippen LogP contribution in [0.2, 0.25) is 0 Å². The fourth-order valence-electron chi connectivity index (χ4n) is 2.90. The van der Waals surface area contributed by atoms with Crippen LogP contribution in [0.15, 0.2) is 22.6 Å². The van der Waals surface area contributed by atoms with Gasteiger partial charge in [-0.1, -0.05) is 20.3 Å². The van der Waals surface area contributed by atoms with Crippen LogP contribution in [0.4, 0.5) is 8.78 Å². The van der Waals surface area contributed by atoms with E-state index in [0.29, 0.717) is 31.0 Å². The zero-order valence-corrected chi connectivity index (χ0v) is 14.3. The molecule has 2 atom stereocenters. The standard InChI is InChI=1S/C18H21F2N3O2/c1-3-10(2)16(21)18(24)23-5-4-15-14(9-23)22-17(25-15)11-6-12(19)8-13(20)7-11/h6-8,10,16H,3-5,9,21H2,1-2H3/t10-,16+/m0/s1. The fraction of sp³-hybridized carbons (Fsp3) is 0.444. The molecule has 2 aromatic rings. The molecule has 1 amide bonds. The minimum Gasteiger partial charge on any atom is -0.441 e. The average Bonchev–Trinajstić information content (AvgIpc) is 3.02. The molecule has 1 aliphatic rings. The lowest BCUT2D eigenvalue weighted by atomic mass is 9.98.